The van der Waals surface area contributed by atoms with Crippen molar-refractivity contribution in [1.29, 1.82) is 0 Å². The molecule has 0 aliphatic carbocycles. The molecule has 0 spiro atoms. The normalized spacial score (nSPS) is 18.4. The van der Waals surface area contributed by atoms with E-state index in [4.69, 9.17) is 0 Å². The zero-order chi connectivity index (χ0) is 18.8. The molecular weight excluding hydrogens is 338 g/mol. The summed E-state index contributed by atoms with van der Waals surface area (Å²) in [5, 5.41) is 12.0. The maximum atomic E-state index is 13.2. The SMILES string of the molecule is CN1CCN(C(c2ccccc2)C(O)C(=O)c2c[nH]c3ccccc23)CC1. The van der Waals surface area contributed by atoms with E-state index in [0.29, 0.717) is 5.56 Å². The smallest absolute Gasteiger partial charge is 0.195 e. The van der Waals surface area contributed by atoms with Gasteiger partial charge in [0.05, 0.1) is 6.04 Å². The van der Waals surface area contributed by atoms with Crippen LogP contribution in [0.4, 0.5) is 0 Å². The second-order valence-electron chi connectivity index (χ2n) is 7.25. The molecule has 3 aromatic rings. The number of rotatable bonds is 5. The Labute approximate surface area is 159 Å². The van der Waals surface area contributed by atoms with Crippen LogP contribution in [0.1, 0.15) is 22.0 Å². The topological polar surface area (TPSA) is 59.6 Å². The lowest BCUT2D eigenvalue weighted by Crippen LogP contribution is -2.50. The van der Waals surface area contributed by atoms with Crippen molar-refractivity contribution in [2.75, 3.05) is 33.2 Å². The number of carbonyl (C=O) groups excluding carboxylic acids is 1. The van der Waals surface area contributed by atoms with Gasteiger partial charge in [-0.25, -0.2) is 0 Å². The van der Waals surface area contributed by atoms with E-state index in [0.717, 1.165) is 42.6 Å². The number of piperazine rings is 1. The Bertz CT molecular complexity index is 913. The first-order chi connectivity index (χ1) is 13.1. The average Bonchev–Trinajstić information content (AvgIpc) is 3.14. The maximum absolute atomic E-state index is 13.2. The van der Waals surface area contributed by atoms with Crippen LogP contribution >= 0.6 is 0 Å². The largest absolute Gasteiger partial charge is 0.383 e. The molecule has 2 N–H and O–H groups in total. The van der Waals surface area contributed by atoms with Crippen LogP contribution < -0.4 is 0 Å². The number of hydrogen-bond acceptors (Lipinski definition) is 4. The third-order valence-electron chi connectivity index (χ3n) is 5.49. The van der Waals surface area contributed by atoms with Crippen LogP contribution in [0.2, 0.25) is 0 Å². The highest BCUT2D eigenvalue weighted by atomic mass is 16.3. The molecule has 140 valence electrons. The molecule has 2 aromatic carbocycles. The summed E-state index contributed by atoms with van der Waals surface area (Å²) >= 11 is 0. The monoisotopic (exact) mass is 363 g/mol. The summed E-state index contributed by atoms with van der Waals surface area (Å²) in [4.78, 5) is 20.9. The fraction of sp³-hybridized carbons (Fsp3) is 0.318. The van der Waals surface area contributed by atoms with Gasteiger partial charge in [-0.05, 0) is 18.7 Å². The Morgan fingerprint density at radius 1 is 1.00 bits per heavy atom. The first-order valence-electron chi connectivity index (χ1n) is 9.41. The molecular formula is C22H25N3O2. The van der Waals surface area contributed by atoms with E-state index in [-0.39, 0.29) is 11.8 Å². The molecule has 2 heterocycles. The molecule has 0 saturated carbocycles. The molecule has 5 heteroatoms. The van der Waals surface area contributed by atoms with Crippen molar-refractivity contribution in [2.45, 2.75) is 12.1 Å². The summed E-state index contributed by atoms with van der Waals surface area (Å²) in [7, 11) is 2.10. The van der Waals surface area contributed by atoms with Crippen LogP contribution in [0.5, 0.6) is 0 Å². The van der Waals surface area contributed by atoms with Crippen molar-refractivity contribution >= 4 is 16.7 Å². The number of aliphatic hydroxyl groups excluding tert-OH is 1. The predicted octanol–water partition coefficient (Wildman–Crippen LogP) is 2.70. The second-order valence-corrected chi connectivity index (χ2v) is 7.25. The number of aromatic nitrogens is 1. The number of nitrogens with zero attached hydrogens (tertiary/aromatic N) is 2. The minimum atomic E-state index is -1.12. The Morgan fingerprint density at radius 2 is 1.67 bits per heavy atom. The van der Waals surface area contributed by atoms with Gasteiger partial charge in [-0.15, -0.1) is 0 Å². The van der Waals surface area contributed by atoms with Crippen LogP contribution in [0, 0.1) is 0 Å². The molecule has 2 atom stereocenters. The van der Waals surface area contributed by atoms with Crippen LogP contribution in [-0.4, -0.2) is 65.0 Å². The molecule has 5 nitrogen and oxygen atoms in total. The lowest BCUT2D eigenvalue weighted by Gasteiger charge is -2.39. The second kappa shape index (κ2) is 7.64. The van der Waals surface area contributed by atoms with Crippen molar-refractivity contribution in [3.8, 4) is 0 Å². The third-order valence-corrected chi connectivity index (χ3v) is 5.49. The Balaban J connectivity index is 1.67. The molecule has 4 rings (SSSR count). The highest BCUT2D eigenvalue weighted by molar-refractivity contribution is 6.10. The van der Waals surface area contributed by atoms with E-state index >= 15 is 0 Å². The van der Waals surface area contributed by atoms with E-state index in [2.05, 4.69) is 21.8 Å². The molecule has 0 bridgehead atoms. The quantitative estimate of drug-likeness (QED) is 0.685. The summed E-state index contributed by atoms with van der Waals surface area (Å²) in [5.41, 5.74) is 2.43. The summed E-state index contributed by atoms with van der Waals surface area (Å²) in [6.07, 6.45) is 0.595. The van der Waals surface area contributed by atoms with Crippen LogP contribution in [-0.2, 0) is 0 Å². The van der Waals surface area contributed by atoms with Crippen molar-refractivity contribution < 1.29 is 9.90 Å². The van der Waals surface area contributed by atoms with Crippen LogP contribution in [0.3, 0.4) is 0 Å². The number of fused-ring (bicyclic) bond motifs is 1. The number of likely N-dealkylation sites (N-methyl/N-ethyl adjacent to an activating group) is 1. The Kier molecular flexibility index (Phi) is 5.07. The lowest BCUT2D eigenvalue weighted by atomic mass is 9.93. The number of ketones is 1. The van der Waals surface area contributed by atoms with E-state index in [1.54, 1.807) is 6.20 Å². The van der Waals surface area contributed by atoms with Crippen molar-refractivity contribution in [3.63, 3.8) is 0 Å². The molecule has 0 radical (unpaired) electrons. The molecule has 27 heavy (non-hydrogen) atoms. The average molecular weight is 363 g/mol. The molecule has 1 saturated heterocycles. The highest BCUT2D eigenvalue weighted by Gasteiger charge is 2.35. The van der Waals surface area contributed by atoms with E-state index in [1.807, 2.05) is 54.6 Å². The van der Waals surface area contributed by atoms with Gasteiger partial charge >= 0.3 is 0 Å². The molecule has 1 aromatic heterocycles. The van der Waals surface area contributed by atoms with Crippen LogP contribution in [0.25, 0.3) is 10.9 Å². The minimum Gasteiger partial charge on any atom is -0.383 e. The molecule has 2 unspecified atom stereocenters. The minimum absolute atomic E-state index is 0.236. The fourth-order valence-corrected chi connectivity index (χ4v) is 3.92. The number of Topliss-reactive ketones (excluding diaryl/α,β-unsaturated/α-hetero) is 1. The standard InChI is InChI=1S/C22H25N3O2/c1-24-11-13-25(14-12-24)20(16-7-3-2-4-8-16)22(27)21(26)18-15-23-19-10-6-5-9-17(18)19/h2-10,15,20,22-23,27H,11-14H2,1H3. The van der Waals surface area contributed by atoms with Gasteiger partial charge in [-0.1, -0.05) is 48.5 Å². The van der Waals surface area contributed by atoms with E-state index < -0.39 is 6.10 Å². The van der Waals surface area contributed by atoms with Crippen molar-refractivity contribution in [3.05, 3.63) is 71.9 Å². The van der Waals surface area contributed by atoms with E-state index in [9.17, 15) is 9.90 Å². The summed E-state index contributed by atoms with van der Waals surface area (Å²) in [5.74, 6) is -0.236. The van der Waals surface area contributed by atoms with Crippen molar-refractivity contribution in [2.24, 2.45) is 0 Å². The number of H-pyrrole nitrogens is 1. The number of aromatic amines is 1. The first kappa shape index (κ1) is 17.9. The predicted molar refractivity (Wildman–Crippen MR) is 107 cm³/mol. The highest BCUT2D eigenvalue weighted by Crippen LogP contribution is 2.29. The van der Waals surface area contributed by atoms with Gasteiger partial charge < -0.3 is 15.0 Å². The molecule has 1 aliphatic rings. The Hall–Kier alpha value is -2.47. The van der Waals surface area contributed by atoms with Gasteiger partial charge in [0.15, 0.2) is 5.78 Å². The van der Waals surface area contributed by atoms with Gasteiger partial charge in [0.1, 0.15) is 6.10 Å². The number of benzene rings is 2. The molecule has 0 amide bonds. The number of carbonyl (C=O) groups is 1. The lowest BCUT2D eigenvalue weighted by molar-refractivity contribution is 0.0227. The third kappa shape index (κ3) is 3.54. The van der Waals surface area contributed by atoms with Crippen molar-refractivity contribution in [1.82, 2.24) is 14.8 Å². The number of aliphatic hydroxyl groups is 1. The Morgan fingerprint density at radius 3 is 2.41 bits per heavy atom. The van der Waals surface area contributed by atoms with Gasteiger partial charge in [-0.2, -0.15) is 0 Å². The summed E-state index contributed by atoms with van der Waals surface area (Å²) < 4.78 is 0. The fourth-order valence-electron chi connectivity index (χ4n) is 3.92. The van der Waals surface area contributed by atoms with Gasteiger partial charge in [0.25, 0.3) is 0 Å². The maximum Gasteiger partial charge on any atom is 0.195 e. The van der Waals surface area contributed by atoms with E-state index in [1.165, 1.54) is 0 Å². The van der Waals surface area contributed by atoms with Gasteiger partial charge in [-0.3, -0.25) is 9.69 Å². The number of hydrogen-bond donors (Lipinski definition) is 2. The summed E-state index contributed by atoms with van der Waals surface area (Å²) in [6.45, 7) is 3.51. The summed E-state index contributed by atoms with van der Waals surface area (Å²) in [6, 6.07) is 17.2. The first-order valence-corrected chi connectivity index (χ1v) is 9.41. The van der Waals surface area contributed by atoms with Gasteiger partial charge in [0.2, 0.25) is 0 Å². The number of nitrogens with one attached hydrogen (secondary N) is 1. The number of para-hydroxylation sites is 1. The molecule has 1 fully saturated rings. The van der Waals surface area contributed by atoms with Crippen LogP contribution in [0.15, 0.2) is 60.8 Å². The van der Waals surface area contributed by atoms with Gasteiger partial charge in [0, 0.05) is 48.8 Å². The molecule has 1 aliphatic heterocycles. The zero-order valence-corrected chi connectivity index (χ0v) is 15.5. The zero-order valence-electron chi connectivity index (χ0n) is 15.5.